The Morgan fingerprint density at radius 2 is 2.17 bits per heavy atom. The van der Waals surface area contributed by atoms with E-state index in [-0.39, 0.29) is 23.3 Å². The Labute approximate surface area is 104 Å². The Balaban J connectivity index is 2.99. The molecule has 0 spiro atoms. The number of benzene rings is 1. The molecule has 0 saturated heterocycles. The molecule has 1 rings (SSSR count). The Bertz CT molecular complexity index is 480. The number of carbonyl (C=O) groups excluding carboxylic acids is 1. The molecule has 1 aromatic carbocycles. The van der Waals surface area contributed by atoms with Crippen molar-refractivity contribution in [1.82, 2.24) is 0 Å². The van der Waals surface area contributed by atoms with Crippen LogP contribution in [0.3, 0.4) is 0 Å². The number of methoxy groups -OCH3 is 1. The minimum absolute atomic E-state index is 0.0467. The second kappa shape index (κ2) is 6.00. The van der Waals surface area contributed by atoms with Gasteiger partial charge in [-0.15, -0.1) is 0 Å². The van der Waals surface area contributed by atoms with Gasteiger partial charge in [0.05, 0.1) is 31.3 Å². The van der Waals surface area contributed by atoms with E-state index in [4.69, 9.17) is 5.26 Å². The van der Waals surface area contributed by atoms with Crippen molar-refractivity contribution in [2.45, 2.75) is 18.6 Å². The molecule has 2 atom stereocenters. The summed E-state index contributed by atoms with van der Waals surface area (Å²) in [5, 5.41) is 37.2. The summed E-state index contributed by atoms with van der Waals surface area (Å²) in [5.74, 6) is -0.966. The third-order valence-electron chi connectivity index (χ3n) is 2.44. The minimum atomic E-state index is -1.39. The summed E-state index contributed by atoms with van der Waals surface area (Å²) in [6.07, 6.45) is -2.96. The number of aromatic hydroxyl groups is 1. The molecule has 96 valence electrons. The smallest absolute Gasteiger partial charge is 0.337 e. The number of hydrogen-bond acceptors (Lipinski definition) is 6. The van der Waals surface area contributed by atoms with E-state index in [1.807, 2.05) is 0 Å². The Kier molecular flexibility index (Phi) is 4.66. The first-order valence-electron chi connectivity index (χ1n) is 5.15. The van der Waals surface area contributed by atoms with Gasteiger partial charge in [-0.25, -0.2) is 4.79 Å². The van der Waals surface area contributed by atoms with Crippen LogP contribution in [0.4, 0.5) is 0 Å². The number of nitrogens with zero attached hydrogens (tertiary/aromatic N) is 1. The fourth-order valence-electron chi connectivity index (χ4n) is 1.45. The van der Waals surface area contributed by atoms with Crippen molar-refractivity contribution in [3.05, 3.63) is 29.3 Å². The van der Waals surface area contributed by atoms with E-state index >= 15 is 0 Å². The van der Waals surface area contributed by atoms with Gasteiger partial charge in [0.15, 0.2) is 0 Å². The lowest BCUT2D eigenvalue weighted by Gasteiger charge is -2.17. The van der Waals surface area contributed by atoms with Crippen molar-refractivity contribution < 1.29 is 24.9 Å². The third kappa shape index (κ3) is 2.97. The van der Waals surface area contributed by atoms with Crippen molar-refractivity contribution in [3.63, 3.8) is 0 Å². The number of aliphatic hydroxyl groups excluding tert-OH is 2. The van der Waals surface area contributed by atoms with Crippen LogP contribution in [0.25, 0.3) is 0 Å². The number of carbonyl (C=O) groups is 1. The van der Waals surface area contributed by atoms with Gasteiger partial charge in [-0.2, -0.15) is 5.26 Å². The summed E-state index contributed by atoms with van der Waals surface area (Å²) in [5.41, 5.74) is 0.172. The van der Waals surface area contributed by atoms with Gasteiger partial charge in [-0.1, -0.05) is 6.07 Å². The maximum absolute atomic E-state index is 11.2. The average molecular weight is 251 g/mol. The molecule has 18 heavy (non-hydrogen) atoms. The Hall–Kier alpha value is -2.10. The van der Waals surface area contributed by atoms with Gasteiger partial charge in [-0.05, 0) is 12.1 Å². The molecule has 6 nitrogen and oxygen atoms in total. The normalized spacial score (nSPS) is 13.4. The molecule has 0 fully saturated rings. The summed E-state index contributed by atoms with van der Waals surface area (Å²) in [4.78, 5) is 11.2. The summed E-state index contributed by atoms with van der Waals surface area (Å²) in [6, 6.07) is 5.49. The van der Waals surface area contributed by atoms with Crippen LogP contribution in [0.5, 0.6) is 5.75 Å². The Morgan fingerprint density at radius 1 is 1.50 bits per heavy atom. The number of nitriles is 1. The number of aliphatic hydroxyl groups is 2. The van der Waals surface area contributed by atoms with Crippen LogP contribution < -0.4 is 0 Å². The molecule has 0 heterocycles. The van der Waals surface area contributed by atoms with Gasteiger partial charge in [0, 0.05) is 5.56 Å². The highest BCUT2D eigenvalue weighted by Gasteiger charge is 2.22. The van der Waals surface area contributed by atoms with Gasteiger partial charge in [0.2, 0.25) is 0 Å². The summed E-state index contributed by atoms with van der Waals surface area (Å²) in [7, 11) is 1.21. The first-order valence-corrected chi connectivity index (χ1v) is 5.15. The first kappa shape index (κ1) is 14.0. The number of rotatable bonds is 4. The van der Waals surface area contributed by atoms with Crippen LogP contribution in [-0.4, -0.2) is 34.5 Å². The number of ether oxygens (including phenoxy) is 1. The highest BCUT2D eigenvalue weighted by molar-refractivity contribution is 5.89. The van der Waals surface area contributed by atoms with E-state index in [0.29, 0.717) is 0 Å². The van der Waals surface area contributed by atoms with Crippen molar-refractivity contribution in [3.8, 4) is 11.8 Å². The highest BCUT2D eigenvalue weighted by Crippen LogP contribution is 2.28. The zero-order valence-electron chi connectivity index (χ0n) is 9.70. The van der Waals surface area contributed by atoms with Gasteiger partial charge >= 0.3 is 5.97 Å². The molecular formula is C12H13NO5. The Morgan fingerprint density at radius 3 is 2.67 bits per heavy atom. The molecule has 0 aliphatic carbocycles. The fraction of sp³-hybridized carbons (Fsp3) is 0.333. The van der Waals surface area contributed by atoms with Crippen LogP contribution in [-0.2, 0) is 4.74 Å². The molecule has 0 radical (unpaired) electrons. The topological polar surface area (TPSA) is 111 Å². The molecule has 0 aromatic heterocycles. The monoisotopic (exact) mass is 251 g/mol. The van der Waals surface area contributed by atoms with Crippen molar-refractivity contribution in [1.29, 1.82) is 5.26 Å². The van der Waals surface area contributed by atoms with Crippen molar-refractivity contribution in [2.75, 3.05) is 7.11 Å². The van der Waals surface area contributed by atoms with Gasteiger partial charge in [0.25, 0.3) is 0 Å². The summed E-state index contributed by atoms with van der Waals surface area (Å²) in [6.45, 7) is 0. The molecular weight excluding hydrogens is 238 g/mol. The van der Waals surface area contributed by atoms with Crippen LogP contribution in [0.2, 0.25) is 0 Å². The predicted molar refractivity (Wildman–Crippen MR) is 60.6 cm³/mol. The van der Waals surface area contributed by atoms with Crippen molar-refractivity contribution >= 4 is 5.97 Å². The van der Waals surface area contributed by atoms with Crippen LogP contribution in [0.15, 0.2) is 18.2 Å². The zero-order valence-corrected chi connectivity index (χ0v) is 9.70. The highest BCUT2D eigenvalue weighted by atomic mass is 16.5. The molecule has 0 bridgehead atoms. The zero-order chi connectivity index (χ0) is 13.7. The lowest BCUT2D eigenvalue weighted by atomic mass is 10.00. The molecule has 0 aliphatic rings. The van der Waals surface area contributed by atoms with E-state index in [0.717, 1.165) is 6.07 Å². The van der Waals surface area contributed by atoms with E-state index in [1.54, 1.807) is 6.07 Å². The molecule has 2 unspecified atom stereocenters. The van der Waals surface area contributed by atoms with E-state index in [9.17, 15) is 20.1 Å². The van der Waals surface area contributed by atoms with Crippen LogP contribution >= 0.6 is 0 Å². The van der Waals surface area contributed by atoms with Gasteiger partial charge in [0.1, 0.15) is 11.9 Å². The van der Waals surface area contributed by atoms with E-state index in [2.05, 4.69) is 4.74 Å². The van der Waals surface area contributed by atoms with Gasteiger partial charge in [-0.3, -0.25) is 0 Å². The van der Waals surface area contributed by atoms with E-state index in [1.165, 1.54) is 19.2 Å². The summed E-state index contributed by atoms with van der Waals surface area (Å²) < 4.78 is 4.47. The van der Waals surface area contributed by atoms with Gasteiger partial charge < -0.3 is 20.1 Å². The molecule has 3 N–H and O–H groups in total. The van der Waals surface area contributed by atoms with Crippen molar-refractivity contribution in [2.24, 2.45) is 0 Å². The number of phenols is 1. The third-order valence-corrected chi connectivity index (χ3v) is 2.44. The SMILES string of the molecule is COC(=O)c1ccc(C(O)C(O)CC#N)c(O)c1. The van der Waals surface area contributed by atoms with Crippen LogP contribution in [0, 0.1) is 11.3 Å². The maximum Gasteiger partial charge on any atom is 0.337 e. The molecule has 1 aromatic rings. The first-order chi connectivity index (χ1) is 8.51. The predicted octanol–water partition coefficient (Wildman–Crippen LogP) is 0.487. The number of phenolic OH excluding ortho intramolecular Hbond substituents is 1. The molecule has 0 aliphatic heterocycles. The van der Waals surface area contributed by atoms with Crippen LogP contribution in [0.1, 0.15) is 28.4 Å². The largest absolute Gasteiger partial charge is 0.508 e. The quantitative estimate of drug-likeness (QED) is 0.671. The lowest BCUT2D eigenvalue weighted by molar-refractivity contribution is 0.0202. The fourth-order valence-corrected chi connectivity index (χ4v) is 1.45. The number of esters is 1. The average Bonchev–Trinajstić information content (AvgIpc) is 2.37. The maximum atomic E-state index is 11.2. The second-order valence-corrected chi connectivity index (χ2v) is 3.64. The molecule has 6 heteroatoms. The molecule has 0 amide bonds. The second-order valence-electron chi connectivity index (χ2n) is 3.64. The lowest BCUT2D eigenvalue weighted by Crippen LogP contribution is -2.17. The molecule has 0 saturated carbocycles. The minimum Gasteiger partial charge on any atom is -0.508 e. The van der Waals surface area contributed by atoms with E-state index < -0.39 is 18.2 Å². The number of hydrogen-bond donors (Lipinski definition) is 3. The summed E-state index contributed by atoms with van der Waals surface area (Å²) >= 11 is 0. The standard InChI is InChI=1S/C12H13NO5/c1-18-12(17)7-2-3-8(10(15)6-7)11(16)9(14)4-5-13/h2-3,6,9,11,14-16H,4H2,1H3.